The predicted molar refractivity (Wildman–Crippen MR) is 99.8 cm³/mol. The van der Waals surface area contributed by atoms with Crippen molar-refractivity contribution in [1.82, 2.24) is 15.6 Å². The van der Waals surface area contributed by atoms with Crippen molar-refractivity contribution in [3.05, 3.63) is 15.6 Å². The maximum Gasteiger partial charge on any atom is 0.191 e. The summed E-state index contributed by atoms with van der Waals surface area (Å²) in [6.45, 7) is 10.5. The van der Waals surface area contributed by atoms with Gasteiger partial charge in [-0.05, 0) is 26.7 Å². The van der Waals surface area contributed by atoms with E-state index in [1.54, 1.807) is 11.3 Å². The summed E-state index contributed by atoms with van der Waals surface area (Å²) in [6.07, 6.45) is 3.80. The number of nitrogens with one attached hydrogen (secondary N) is 2. The Labute approximate surface area is 149 Å². The van der Waals surface area contributed by atoms with Gasteiger partial charge in [-0.1, -0.05) is 13.8 Å². The van der Waals surface area contributed by atoms with E-state index < -0.39 is 0 Å². The Kier molecular flexibility index (Phi) is 5.16. The Morgan fingerprint density at radius 2 is 2.21 bits per heavy atom. The minimum absolute atomic E-state index is 0.161. The van der Waals surface area contributed by atoms with Crippen LogP contribution in [0.25, 0.3) is 0 Å². The second kappa shape index (κ2) is 7.00. The lowest BCUT2D eigenvalue weighted by Gasteiger charge is -2.60. The summed E-state index contributed by atoms with van der Waals surface area (Å²) >= 11 is 1.79. The largest absolute Gasteiger partial charge is 0.377 e. The van der Waals surface area contributed by atoms with Crippen LogP contribution in [0.5, 0.6) is 0 Å². The van der Waals surface area contributed by atoms with Gasteiger partial charge in [0.1, 0.15) is 0 Å². The number of rotatable bonds is 4. The van der Waals surface area contributed by atoms with Crippen molar-refractivity contribution >= 4 is 17.3 Å². The summed E-state index contributed by atoms with van der Waals surface area (Å²) in [5.74, 6) is 1.51. The summed E-state index contributed by atoms with van der Waals surface area (Å²) < 4.78 is 5.99. The van der Waals surface area contributed by atoms with Crippen LogP contribution in [-0.2, 0) is 11.2 Å². The molecule has 2 aliphatic rings. The molecular weight excluding hydrogens is 320 g/mol. The van der Waals surface area contributed by atoms with Gasteiger partial charge < -0.3 is 15.4 Å². The molecule has 2 heterocycles. The van der Waals surface area contributed by atoms with Gasteiger partial charge in [0.2, 0.25) is 0 Å². The summed E-state index contributed by atoms with van der Waals surface area (Å²) in [4.78, 5) is 10.3. The lowest BCUT2D eigenvalue weighted by atomic mass is 9.55. The van der Waals surface area contributed by atoms with Crippen molar-refractivity contribution in [2.45, 2.75) is 59.1 Å². The van der Waals surface area contributed by atoms with E-state index in [1.807, 2.05) is 7.05 Å². The molecule has 3 unspecified atom stereocenters. The van der Waals surface area contributed by atoms with Crippen molar-refractivity contribution in [1.29, 1.82) is 0 Å². The SMILES string of the molecule is CN=C(NCCc1sc(C)nc1C)NC1C2CCCOC2C1(C)C. The molecule has 0 aromatic carbocycles. The molecule has 5 nitrogen and oxygen atoms in total. The van der Waals surface area contributed by atoms with E-state index in [2.05, 4.69) is 48.3 Å². The number of ether oxygens (including phenoxy) is 1. The molecule has 1 aliphatic carbocycles. The molecule has 1 aromatic heterocycles. The minimum Gasteiger partial charge on any atom is -0.377 e. The number of nitrogens with zero attached hydrogens (tertiary/aromatic N) is 2. The fraction of sp³-hybridized carbons (Fsp3) is 0.778. The van der Waals surface area contributed by atoms with E-state index in [-0.39, 0.29) is 5.41 Å². The maximum absolute atomic E-state index is 5.99. The fourth-order valence-electron chi connectivity index (χ4n) is 4.26. The molecule has 0 bridgehead atoms. The molecule has 0 radical (unpaired) electrons. The maximum atomic E-state index is 5.99. The van der Waals surface area contributed by atoms with Gasteiger partial charge in [-0.3, -0.25) is 4.99 Å². The van der Waals surface area contributed by atoms with E-state index in [1.165, 1.54) is 17.7 Å². The molecule has 134 valence electrons. The highest BCUT2D eigenvalue weighted by atomic mass is 32.1. The first kappa shape index (κ1) is 17.7. The van der Waals surface area contributed by atoms with Gasteiger partial charge in [0.15, 0.2) is 5.96 Å². The minimum atomic E-state index is 0.161. The number of guanidine groups is 1. The van der Waals surface area contributed by atoms with Crippen molar-refractivity contribution in [3.63, 3.8) is 0 Å². The summed E-state index contributed by atoms with van der Waals surface area (Å²) in [5, 5.41) is 8.25. The van der Waals surface area contributed by atoms with E-state index in [9.17, 15) is 0 Å². The standard InChI is InChI=1S/C18H30N4OS/c1-11-14(24-12(2)21-11)8-9-20-17(19-5)22-15-13-7-6-10-23-16(13)18(15,3)4/h13,15-16H,6-10H2,1-5H3,(H2,19,20,22). The van der Waals surface area contributed by atoms with Gasteiger partial charge in [0.05, 0.1) is 16.8 Å². The van der Waals surface area contributed by atoms with Crippen LogP contribution >= 0.6 is 11.3 Å². The molecule has 1 aliphatic heterocycles. The average Bonchev–Trinajstić information content (AvgIpc) is 2.88. The number of fused-ring (bicyclic) bond motifs is 1. The number of aryl methyl sites for hydroxylation is 2. The Balaban J connectivity index is 1.53. The molecule has 1 saturated heterocycles. The highest BCUT2D eigenvalue weighted by Gasteiger charge is 2.58. The molecule has 3 rings (SSSR count). The van der Waals surface area contributed by atoms with Crippen LogP contribution in [0.4, 0.5) is 0 Å². The molecule has 1 aromatic rings. The Morgan fingerprint density at radius 3 is 2.88 bits per heavy atom. The van der Waals surface area contributed by atoms with Gasteiger partial charge in [-0.25, -0.2) is 4.98 Å². The van der Waals surface area contributed by atoms with E-state index >= 15 is 0 Å². The molecule has 6 heteroatoms. The van der Waals surface area contributed by atoms with Crippen LogP contribution in [0.2, 0.25) is 0 Å². The Morgan fingerprint density at radius 1 is 1.42 bits per heavy atom. The van der Waals surface area contributed by atoms with E-state index in [0.29, 0.717) is 18.1 Å². The molecule has 1 saturated carbocycles. The first-order valence-electron chi connectivity index (χ1n) is 8.95. The average molecular weight is 351 g/mol. The molecular formula is C18H30N4OS. The predicted octanol–water partition coefficient (Wildman–Crippen LogP) is 2.67. The lowest BCUT2D eigenvalue weighted by Crippen LogP contribution is -2.71. The number of thiazole rings is 1. The van der Waals surface area contributed by atoms with Crippen LogP contribution in [-0.4, -0.2) is 43.3 Å². The van der Waals surface area contributed by atoms with Crippen LogP contribution in [0, 0.1) is 25.2 Å². The second-order valence-corrected chi connectivity index (χ2v) is 8.82. The van der Waals surface area contributed by atoms with Crippen LogP contribution in [0.15, 0.2) is 4.99 Å². The topological polar surface area (TPSA) is 58.5 Å². The van der Waals surface area contributed by atoms with Gasteiger partial charge >= 0.3 is 0 Å². The zero-order valence-electron chi connectivity index (χ0n) is 15.5. The van der Waals surface area contributed by atoms with Gasteiger partial charge in [0, 0.05) is 48.9 Å². The van der Waals surface area contributed by atoms with Crippen molar-refractivity contribution < 1.29 is 4.74 Å². The van der Waals surface area contributed by atoms with Crippen molar-refractivity contribution in [3.8, 4) is 0 Å². The highest BCUT2D eigenvalue weighted by molar-refractivity contribution is 7.11. The third kappa shape index (κ3) is 3.31. The van der Waals surface area contributed by atoms with Gasteiger partial charge in [-0.15, -0.1) is 11.3 Å². The number of aromatic nitrogens is 1. The summed E-state index contributed by atoms with van der Waals surface area (Å²) in [6, 6.07) is 0.432. The first-order valence-corrected chi connectivity index (χ1v) is 9.77. The molecule has 0 spiro atoms. The molecule has 2 N–H and O–H groups in total. The normalized spacial score (nSPS) is 28.9. The van der Waals surface area contributed by atoms with Gasteiger partial charge in [-0.2, -0.15) is 0 Å². The Hall–Kier alpha value is -1.14. The van der Waals surface area contributed by atoms with Gasteiger partial charge in [0.25, 0.3) is 0 Å². The summed E-state index contributed by atoms with van der Waals surface area (Å²) in [5.41, 5.74) is 1.32. The van der Waals surface area contributed by atoms with E-state index in [4.69, 9.17) is 4.74 Å². The third-order valence-electron chi connectivity index (χ3n) is 5.49. The van der Waals surface area contributed by atoms with Crippen LogP contribution in [0.3, 0.4) is 0 Å². The first-order chi connectivity index (χ1) is 11.4. The highest BCUT2D eigenvalue weighted by Crippen LogP contribution is 2.51. The van der Waals surface area contributed by atoms with Crippen LogP contribution in [0.1, 0.15) is 42.3 Å². The third-order valence-corrected chi connectivity index (χ3v) is 6.62. The Bertz CT molecular complexity index is 610. The number of aliphatic imine (C=N–C) groups is 1. The van der Waals surface area contributed by atoms with Crippen molar-refractivity contribution in [2.24, 2.45) is 16.3 Å². The number of hydrogen-bond donors (Lipinski definition) is 2. The smallest absolute Gasteiger partial charge is 0.191 e. The molecule has 3 atom stereocenters. The zero-order chi connectivity index (χ0) is 17.3. The summed E-state index contributed by atoms with van der Waals surface area (Å²) in [7, 11) is 1.85. The van der Waals surface area contributed by atoms with E-state index in [0.717, 1.165) is 36.2 Å². The molecule has 2 fully saturated rings. The monoisotopic (exact) mass is 350 g/mol. The van der Waals surface area contributed by atoms with Crippen LogP contribution < -0.4 is 10.6 Å². The fourth-order valence-corrected chi connectivity index (χ4v) is 5.19. The molecule has 24 heavy (non-hydrogen) atoms. The zero-order valence-corrected chi connectivity index (χ0v) is 16.3. The number of hydrogen-bond acceptors (Lipinski definition) is 4. The second-order valence-electron chi connectivity index (χ2n) is 7.53. The molecule has 0 amide bonds. The quantitative estimate of drug-likeness (QED) is 0.647. The lowest BCUT2D eigenvalue weighted by molar-refractivity contribution is -0.188. The van der Waals surface area contributed by atoms with Crippen molar-refractivity contribution in [2.75, 3.05) is 20.2 Å².